The van der Waals surface area contributed by atoms with Crippen molar-refractivity contribution in [1.82, 2.24) is 15.3 Å². The van der Waals surface area contributed by atoms with Crippen LogP contribution >= 0.6 is 0 Å². The number of carbonyl (C=O) groups excluding carboxylic acids is 1. The Hall–Kier alpha value is -3.41. The van der Waals surface area contributed by atoms with E-state index in [2.05, 4.69) is 20.6 Å². The number of aromatic nitrogens is 2. The molecule has 1 fully saturated rings. The predicted molar refractivity (Wildman–Crippen MR) is 98.9 cm³/mol. The molecule has 3 aromatic rings. The summed E-state index contributed by atoms with van der Waals surface area (Å²) < 4.78 is 79.0. The van der Waals surface area contributed by atoms with E-state index in [1.807, 2.05) is 0 Å². The summed E-state index contributed by atoms with van der Waals surface area (Å²) in [6, 6.07) is 1.76. The number of urea groups is 1. The van der Waals surface area contributed by atoms with Gasteiger partial charge in [-0.1, -0.05) is 0 Å². The molecule has 31 heavy (non-hydrogen) atoms. The number of aromatic amines is 1. The number of pyridine rings is 1. The zero-order valence-electron chi connectivity index (χ0n) is 15.6. The molecule has 0 spiro atoms. The van der Waals surface area contributed by atoms with Crippen LogP contribution in [0.4, 0.5) is 32.4 Å². The molecule has 2 amide bonds. The zero-order valence-corrected chi connectivity index (χ0v) is 15.6. The van der Waals surface area contributed by atoms with E-state index < -0.39 is 46.3 Å². The summed E-state index contributed by atoms with van der Waals surface area (Å²) in [4.78, 5) is 18.1. The number of rotatable bonds is 4. The topological polar surface area (TPSA) is 88.3 Å². The highest BCUT2D eigenvalue weighted by Gasteiger charge is 2.35. The summed E-state index contributed by atoms with van der Waals surface area (Å²) in [6.07, 6.45) is -2.29. The molecule has 1 aromatic carbocycles. The third-order valence-electron chi connectivity index (χ3n) is 4.57. The fourth-order valence-corrected chi connectivity index (χ4v) is 3.18. The second kappa shape index (κ2) is 8.02. The van der Waals surface area contributed by atoms with Gasteiger partial charge < -0.3 is 25.1 Å². The van der Waals surface area contributed by atoms with Crippen molar-refractivity contribution in [2.24, 2.45) is 0 Å². The first-order chi connectivity index (χ1) is 14.7. The van der Waals surface area contributed by atoms with Gasteiger partial charge in [0.05, 0.1) is 23.6 Å². The number of H-pyrrole nitrogens is 1. The van der Waals surface area contributed by atoms with Crippen molar-refractivity contribution in [1.29, 1.82) is 0 Å². The van der Waals surface area contributed by atoms with E-state index in [0.717, 1.165) is 24.4 Å². The van der Waals surface area contributed by atoms with Gasteiger partial charge in [0, 0.05) is 36.8 Å². The number of halogens is 5. The molecular weight excluding hydrogens is 427 g/mol. The van der Waals surface area contributed by atoms with Gasteiger partial charge in [0.25, 0.3) is 0 Å². The van der Waals surface area contributed by atoms with Crippen LogP contribution in [0.2, 0.25) is 0 Å². The van der Waals surface area contributed by atoms with Crippen LogP contribution < -0.4 is 15.4 Å². The number of hydrogen-bond acceptors (Lipinski definition) is 4. The van der Waals surface area contributed by atoms with Crippen LogP contribution in [0, 0.1) is 11.6 Å². The molecule has 164 valence electrons. The molecule has 1 saturated heterocycles. The SMILES string of the molecule is O=C(Nc1cc(F)c(Oc2ccnc3[nH]cc(C(F)(F)F)c23)c(F)c1)NC1CCOC1. The smallest absolute Gasteiger partial charge is 0.418 e. The average Bonchev–Trinajstić information content (AvgIpc) is 3.34. The zero-order chi connectivity index (χ0) is 22.2. The molecule has 1 aliphatic rings. The number of hydrogen-bond donors (Lipinski definition) is 3. The first kappa shape index (κ1) is 20.8. The van der Waals surface area contributed by atoms with Crippen molar-refractivity contribution < 1.29 is 36.2 Å². The van der Waals surface area contributed by atoms with Gasteiger partial charge in [0.2, 0.25) is 0 Å². The Morgan fingerprint density at radius 1 is 1.26 bits per heavy atom. The monoisotopic (exact) mass is 442 g/mol. The molecule has 0 saturated carbocycles. The molecule has 0 aliphatic carbocycles. The Kier molecular flexibility index (Phi) is 5.39. The lowest BCUT2D eigenvalue weighted by molar-refractivity contribution is -0.136. The number of benzene rings is 1. The van der Waals surface area contributed by atoms with Crippen molar-refractivity contribution in [3.05, 3.63) is 47.8 Å². The van der Waals surface area contributed by atoms with Gasteiger partial charge in [-0.3, -0.25) is 0 Å². The van der Waals surface area contributed by atoms with Gasteiger partial charge in [-0.05, 0) is 12.5 Å². The molecule has 0 radical (unpaired) electrons. The number of anilines is 1. The fourth-order valence-electron chi connectivity index (χ4n) is 3.18. The van der Waals surface area contributed by atoms with Crippen LogP contribution in [0.1, 0.15) is 12.0 Å². The van der Waals surface area contributed by atoms with Crippen molar-refractivity contribution in [2.75, 3.05) is 18.5 Å². The van der Waals surface area contributed by atoms with E-state index in [4.69, 9.17) is 9.47 Å². The van der Waals surface area contributed by atoms with Gasteiger partial charge in [0.15, 0.2) is 17.4 Å². The lowest BCUT2D eigenvalue weighted by Crippen LogP contribution is -2.38. The second-order valence-corrected chi connectivity index (χ2v) is 6.76. The average molecular weight is 442 g/mol. The maximum Gasteiger partial charge on any atom is 0.418 e. The van der Waals surface area contributed by atoms with Gasteiger partial charge in [-0.2, -0.15) is 13.2 Å². The summed E-state index contributed by atoms with van der Waals surface area (Å²) in [5, 5.41) is 4.42. The molecule has 3 N–H and O–H groups in total. The molecule has 12 heteroatoms. The van der Waals surface area contributed by atoms with E-state index in [0.29, 0.717) is 25.8 Å². The second-order valence-electron chi connectivity index (χ2n) is 6.76. The third-order valence-corrected chi connectivity index (χ3v) is 4.57. The Labute approximate surface area is 171 Å². The van der Waals surface area contributed by atoms with Crippen LogP contribution in [-0.2, 0) is 10.9 Å². The summed E-state index contributed by atoms with van der Waals surface area (Å²) in [6.45, 7) is 0.835. The minimum Gasteiger partial charge on any atom is -0.450 e. The molecule has 1 unspecified atom stereocenters. The number of ether oxygens (including phenoxy) is 2. The predicted octanol–water partition coefficient (Wildman–Crippen LogP) is 4.56. The van der Waals surface area contributed by atoms with Crippen LogP contribution in [-0.4, -0.2) is 35.3 Å². The number of carbonyl (C=O) groups is 1. The number of nitrogens with one attached hydrogen (secondary N) is 3. The first-order valence-corrected chi connectivity index (χ1v) is 9.08. The maximum absolute atomic E-state index is 14.5. The van der Waals surface area contributed by atoms with E-state index >= 15 is 0 Å². The van der Waals surface area contributed by atoms with Crippen LogP contribution in [0.25, 0.3) is 11.0 Å². The van der Waals surface area contributed by atoms with Gasteiger partial charge >= 0.3 is 12.2 Å². The third kappa shape index (κ3) is 4.38. The van der Waals surface area contributed by atoms with E-state index in [9.17, 15) is 26.7 Å². The van der Waals surface area contributed by atoms with Gasteiger partial charge in [-0.15, -0.1) is 0 Å². The van der Waals surface area contributed by atoms with Crippen LogP contribution in [0.5, 0.6) is 11.5 Å². The first-order valence-electron chi connectivity index (χ1n) is 9.08. The van der Waals surface area contributed by atoms with E-state index in [1.54, 1.807) is 0 Å². The van der Waals surface area contributed by atoms with Crippen molar-refractivity contribution >= 4 is 22.8 Å². The molecule has 0 bridgehead atoms. The summed E-state index contributed by atoms with van der Waals surface area (Å²) in [7, 11) is 0. The normalized spacial score (nSPS) is 16.5. The van der Waals surface area contributed by atoms with E-state index in [-0.39, 0.29) is 17.4 Å². The molecule has 1 aliphatic heterocycles. The Morgan fingerprint density at radius 2 is 2.00 bits per heavy atom. The van der Waals surface area contributed by atoms with Gasteiger partial charge in [0.1, 0.15) is 11.4 Å². The Morgan fingerprint density at radius 3 is 2.65 bits per heavy atom. The Balaban J connectivity index is 1.58. The standard InChI is InChI=1S/C19H15F5N4O3/c20-12-5-10(28-18(29)27-9-2-4-30-8-9)6-13(21)16(12)31-14-1-3-25-17-15(14)11(7-26-17)19(22,23)24/h1,3,5-7,9H,2,4,8H2,(H,25,26)(H2,27,28,29). The van der Waals surface area contributed by atoms with E-state index in [1.165, 1.54) is 0 Å². The number of fused-ring (bicyclic) bond motifs is 1. The quantitative estimate of drug-likeness (QED) is 0.517. The highest BCUT2D eigenvalue weighted by molar-refractivity contribution is 5.90. The Bertz CT molecular complexity index is 1100. The number of nitrogens with zero attached hydrogens (tertiary/aromatic N) is 1. The number of alkyl halides is 3. The largest absolute Gasteiger partial charge is 0.450 e. The van der Waals surface area contributed by atoms with Crippen LogP contribution in [0.3, 0.4) is 0 Å². The molecule has 7 nitrogen and oxygen atoms in total. The molecule has 3 heterocycles. The fraction of sp³-hybridized carbons (Fsp3) is 0.263. The highest BCUT2D eigenvalue weighted by Crippen LogP contribution is 2.40. The lowest BCUT2D eigenvalue weighted by Gasteiger charge is -2.14. The molecule has 2 aromatic heterocycles. The minimum absolute atomic E-state index is 0.156. The minimum atomic E-state index is -4.73. The molecule has 4 rings (SSSR count). The van der Waals surface area contributed by atoms with Crippen molar-refractivity contribution in [3.63, 3.8) is 0 Å². The highest BCUT2D eigenvalue weighted by atomic mass is 19.4. The van der Waals surface area contributed by atoms with Crippen molar-refractivity contribution in [3.8, 4) is 11.5 Å². The number of amides is 2. The lowest BCUT2D eigenvalue weighted by atomic mass is 10.2. The van der Waals surface area contributed by atoms with Gasteiger partial charge in [-0.25, -0.2) is 18.6 Å². The summed E-state index contributed by atoms with van der Waals surface area (Å²) in [5.41, 5.74) is -1.44. The van der Waals surface area contributed by atoms with Crippen LogP contribution in [0.15, 0.2) is 30.6 Å². The molecule has 1 atom stereocenters. The summed E-state index contributed by atoms with van der Waals surface area (Å²) >= 11 is 0. The molecular formula is C19H15F5N4O3. The maximum atomic E-state index is 14.5. The summed E-state index contributed by atoms with van der Waals surface area (Å²) in [5.74, 6) is -3.78. The van der Waals surface area contributed by atoms with Crippen molar-refractivity contribution in [2.45, 2.75) is 18.6 Å².